The normalized spacial score (nSPS) is 28.3. The number of amides is 1. The molecule has 2 aromatic rings. The molecule has 2 fully saturated rings. The van der Waals surface area contributed by atoms with Crippen LogP contribution in [0.3, 0.4) is 0 Å². The standard InChI is InChI=1S/C24H25NO5/c1-28-18-8-5-9-19(29-2)16(18)13-25-23(27)21-15-10-11-24(22(15)21)12-17(26)14-6-3-4-7-20(14)30-24/h3-9,15,21-22H,10-13H2,1-2H3,(H,25,27)/t15-,21+,22+,24-/m1/s1. The van der Waals surface area contributed by atoms with Crippen molar-refractivity contribution in [2.75, 3.05) is 14.2 Å². The Labute approximate surface area is 175 Å². The van der Waals surface area contributed by atoms with Crippen molar-refractivity contribution in [3.8, 4) is 17.2 Å². The van der Waals surface area contributed by atoms with Crippen LogP contribution < -0.4 is 19.5 Å². The van der Waals surface area contributed by atoms with E-state index in [-0.39, 0.29) is 29.4 Å². The van der Waals surface area contributed by atoms with Crippen LogP contribution in [-0.4, -0.2) is 31.5 Å². The summed E-state index contributed by atoms with van der Waals surface area (Å²) < 4.78 is 17.2. The summed E-state index contributed by atoms with van der Waals surface area (Å²) in [4.78, 5) is 25.7. The van der Waals surface area contributed by atoms with Gasteiger partial charge in [-0.2, -0.15) is 0 Å². The number of hydrogen-bond donors (Lipinski definition) is 1. The zero-order chi connectivity index (χ0) is 20.9. The molecule has 5 rings (SSSR count). The summed E-state index contributed by atoms with van der Waals surface area (Å²) >= 11 is 0. The molecule has 1 amide bonds. The molecule has 30 heavy (non-hydrogen) atoms. The second-order valence-electron chi connectivity index (χ2n) is 8.38. The molecule has 6 nitrogen and oxygen atoms in total. The molecule has 4 atom stereocenters. The second kappa shape index (κ2) is 7.04. The van der Waals surface area contributed by atoms with E-state index in [0.717, 1.165) is 18.4 Å². The van der Waals surface area contributed by atoms with E-state index >= 15 is 0 Å². The molecule has 1 aliphatic heterocycles. The van der Waals surface area contributed by atoms with Crippen molar-refractivity contribution in [3.63, 3.8) is 0 Å². The van der Waals surface area contributed by atoms with Crippen molar-refractivity contribution in [2.45, 2.75) is 31.4 Å². The van der Waals surface area contributed by atoms with Crippen LogP contribution in [0.4, 0.5) is 0 Å². The van der Waals surface area contributed by atoms with Crippen LogP contribution in [-0.2, 0) is 11.3 Å². The predicted molar refractivity (Wildman–Crippen MR) is 110 cm³/mol. The number of hydrogen-bond acceptors (Lipinski definition) is 5. The van der Waals surface area contributed by atoms with E-state index in [1.165, 1.54) is 0 Å². The minimum absolute atomic E-state index is 0.00643. The Kier molecular flexibility index (Phi) is 4.45. The topological polar surface area (TPSA) is 73.9 Å². The summed E-state index contributed by atoms with van der Waals surface area (Å²) in [6.45, 7) is 0.331. The Morgan fingerprint density at radius 1 is 1.13 bits per heavy atom. The highest BCUT2D eigenvalue weighted by Crippen LogP contribution is 2.65. The molecule has 2 saturated carbocycles. The van der Waals surface area contributed by atoms with Gasteiger partial charge in [-0.05, 0) is 43.0 Å². The van der Waals surface area contributed by atoms with Crippen molar-refractivity contribution >= 4 is 11.7 Å². The fraction of sp³-hybridized carbons (Fsp3) is 0.417. The van der Waals surface area contributed by atoms with Crippen LogP contribution in [0.15, 0.2) is 42.5 Å². The highest BCUT2D eigenvalue weighted by molar-refractivity contribution is 6.00. The maximum atomic E-state index is 13.0. The van der Waals surface area contributed by atoms with Gasteiger partial charge in [-0.3, -0.25) is 9.59 Å². The number of ketones is 1. The van der Waals surface area contributed by atoms with E-state index < -0.39 is 5.60 Å². The molecule has 0 unspecified atom stereocenters. The number of nitrogens with one attached hydrogen (secondary N) is 1. The van der Waals surface area contributed by atoms with Gasteiger partial charge < -0.3 is 19.5 Å². The highest BCUT2D eigenvalue weighted by Gasteiger charge is 2.70. The third-order valence-electron chi connectivity index (χ3n) is 6.91. The average Bonchev–Trinajstić information content (AvgIpc) is 3.42. The Morgan fingerprint density at radius 3 is 2.60 bits per heavy atom. The number of ether oxygens (including phenoxy) is 3. The maximum absolute atomic E-state index is 13.0. The number of benzene rings is 2. The van der Waals surface area contributed by atoms with Crippen LogP contribution in [0.25, 0.3) is 0 Å². The predicted octanol–water partition coefficient (Wildman–Crippen LogP) is 3.38. The molecule has 0 saturated heterocycles. The molecular weight excluding hydrogens is 382 g/mol. The fourth-order valence-electron chi connectivity index (χ4n) is 5.51. The van der Waals surface area contributed by atoms with Gasteiger partial charge in [0.2, 0.25) is 5.91 Å². The van der Waals surface area contributed by atoms with Crippen LogP contribution in [0, 0.1) is 17.8 Å². The van der Waals surface area contributed by atoms with Gasteiger partial charge in [0.15, 0.2) is 5.78 Å². The number of para-hydroxylation sites is 1. The van der Waals surface area contributed by atoms with Crippen LogP contribution >= 0.6 is 0 Å². The molecule has 0 bridgehead atoms. The fourth-order valence-corrected chi connectivity index (χ4v) is 5.51. The molecule has 6 heteroatoms. The Balaban J connectivity index is 1.31. The molecule has 2 aromatic carbocycles. The largest absolute Gasteiger partial charge is 0.496 e. The lowest BCUT2D eigenvalue weighted by molar-refractivity contribution is -0.124. The van der Waals surface area contributed by atoms with Crippen LogP contribution in [0.1, 0.15) is 35.2 Å². The summed E-state index contributed by atoms with van der Waals surface area (Å²) in [7, 11) is 3.20. The van der Waals surface area contributed by atoms with Crippen LogP contribution in [0.2, 0.25) is 0 Å². The van der Waals surface area contributed by atoms with Crippen molar-refractivity contribution in [3.05, 3.63) is 53.6 Å². The van der Waals surface area contributed by atoms with E-state index in [4.69, 9.17) is 14.2 Å². The van der Waals surface area contributed by atoms with E-state index in [2.05, 4.69) is 5.32 Å². The number of methoxy groups -OCH3 is 2. The summed E-state index contributed by atoms with van der Waals surface area (Å²) in [5, 5.41) is 3.05. The van der Waals surface area contributed by atoms with Crippen molar-refractivity contribution in [1.82, 2.24) is 5.32 Å². The first-order valence-corrected chi connectivity index (χ1v) is 10.4. The summed E-state index contributed by atoms with van der Waals surface area (Å²) in [6.07, 6.45) is 2.10. The zero-order valence-corrected chi connectivity index (χ0v) is 17.1. The number of carbonyl (C=O) groups is 2. The van der Waals surface area contributed by atoms with Gasteiger partial charge in [0.1, 0.15) is 22.8 Å². The monoisotopic (exact) mass is 407 g/mol. The Bertz CT molecular complexity index is 996. The smallest absolute Gasteiger partial charge is 0.224 e. The molecule has 0 aromatic heterocycles. The first-order valence-electron chi connectivity index (χ1n) is 10.4. The maximum Gasteiger partial charge on any atom is 0.224 e. The zero-order valence-electron chi connectivity index (χ0n) is 17.1. The Morgan fingerprint density at radius 2 is 1.87 bits per heavy atom. The first-order chi connectivity index (χ1) is 14.6. The first kappa shape index (κ1) is 19.0. The van der Waals surface area contributed by atoms with Crippen molar-refractivity contribution < 1.29 is 23.8 Å². The molecule has 1 N–H and O–H groups in total. The quantitative estimate of drug-likeness (QED) is 0.823. The van der Waals surface area contributed by atoms with E-state index in [0.29, 0.717) is 35.8 Å². The van der Waals surface area contributed by atoms with Gasteiger partial charge >= 0.3 is 0 Å². The number of rotatable bonds is 5. The lowest BCUT2D eigenvalue weighted by atomic mass is 9.84. The SMILES string of the molecule is COc1cccc(OC)c1CNC(=O)[C@H]1[C@H]2CC[C@@]3(CC(=O)c4ccccc4O3)[C@@H]21. The lowest BCUT2D eigenvalue weighted by Gasteiger charge is -2.37. The number of Topliss-reactive ketones (excluding diaryl/α,β-unsaturated/α-hetero) is 1. The van der Waals surface area contributed by atoms with E-state index in [1.807, 2.05) is 42.5 Å². The van der Waals surface area contributed by atoms with Crippen LogP contribution in [0.5, 0.6) is 17.2 Å². The molecule has 0 radical (unpaired) electrons. The highest BCUT2D eigenvalue weighted by atomic mass is 16.5. The van der Waals surface area contributed by atoms with Gasteiger partial charge in [-0.15, -0.1) is 0 Å². The lowest BCUT2D eigenvalue weighted by Crippen LogP contribution is -2.44. The third kappa shape index (κ3) is 2.85. The van der Waals surface area contributed by atoms with Gasteiger partial charge in [0, 0.05) is 11.8 Å². The average molecular weight is 407 g/mol. The third-order valence-corrected chi connectivity index (χ3v) is 6.91. The van der Waals surface area contributed by atoms with Gasteiger partial charge in [0.05, 0.1) is 38.3 Å². The van der Waals surface area contributed by atoms with E-state index in [1.54, 1.807) is 14.2 Å². The second-order valence-corrected chi connectivity index (χ2v) is 8.38. The van der Waals surface area contributed by atoms with Gasteiger partial charge in [-0.25, -0.2) is 0 Å². The number of fused-ring (bicyclic) bond motifs is 3. The van der Waals surface area contributed by atoms with Crippen molar-refractivity contribution in [1.29, 1.82) is 0 Å². The van der Waals surface area contributed by atoms with E-state index in [9.17, 15) is 9.59 Å². The summed E-state index contributed by atoms with van der Waals surface area (Å²) in [5.74, 6) is 2.39. The van der Waals surface area contributed by atoms with Gasteiger partial charge in [-0.1, -0.05) is 18.2 Å². The summed E-state index contributed by atoms with van der Waals surface area (Å²) in [5.41, 5.74) is 0.922. The molecule has 2 aliphatic carbocycles. The van der Waals surface area contributed by atoms with Gasteiger partial charge in [0.25, 0.3) is 0 Å². The molecule has 3 aliphatic rings. The molecule has 1 heterocycles. The Hall–Kier alpha value is -3.02. The molecule has 156 valence electrons. The molecular formula is C24H25NO5. The summed E-state index contributed by atoms with van der Waals surface area (Å²) in [6, 6.07) is 13.0. The number of carbonyl (C=O) groups excluding carboxylic acids is 2. The van der Waals surface area contributed by atoms with Crippen molar-refractivity contribution in [2.24, 2.45) is 17.8 Å². The minimum atomic E-state index is -0.541. The molecule has 1 spiro atoms. The minimum Gasteiger partial charge on any atom is -0.496 e.